The van der Waals surface area contributed by atoms with Gasteiger partial charge >= 0.3 is 17.9 Å². The predicted octanol–water partition coefficient (Wildman–Crippen LogP) is 19.8. The molecule has 0 spiro atoms. The van der Waals surface area contributed by atoms with E-state index in [9.17, 15) is 14.4 Å². The number of hydrogen-bond acceptors (Lipinski definition) is 6. The second kappa shape index (κ2) is 54.4. The van der Waals surface area contributed by atoms with Crippen molar-refractivity contribution < 1.29 is 28.6 Å². The Morgan fingerprint density at radius 3 is 0.742 bits per heavy atom. The van der Waals surface area contributed by atoms with Gasteiger partial charge in [-0.1, -0.05) is 304 Å². The second-order valence-electron chi connectivity index (χ2n) is 21.1. The first-order chi connectivity index (χ1) is 32.4. The lowest BCUT2D eigenvalue weighted by Crippen LogP contribution is -2.30. The Hall–Kier alpha value is -1.59. The molecular formula is C60H116O6. The molecule has 0 heterocycles. The van der Waals surface area contributed by atoms with E-state index >= 15 is 0 Å². The molecule has 0 aromatic heterocycles. The van der Waals surface area contributed by atoms with Crippen molar-refractivity contribution in [2.75, 3.05) is 13.2 Å². The van der Waals surface area contributed by atoms with Gasteiger partial charge in [-0.3, -0.25) is 14.4 Å². The number of ether oxygens (including phenoxy) is 3. The van der Waals surface area contributed by atoms with Crippen molar-refractivity contribution in [1.82, 2.24) is 0 Å². The van der Waals surface area contributed by atoms with Crippen LogP contribution in [0.4, 0.5) is 0 Å². The Kier molecular flexibility index (Phi) is 53.0. The summed E-state index contributed by atoms with van der Waals surface area (Å²) in [6.07, 6.45) is 59.5. The molecule has 0 aliphatic carbocycles. The average Bonchev–Trinajstić information content (AvgIpc) is 3.30. The Bertz CT molecular complexity index is 996. The topological polar surface area (TPSA) is 78.9 Å². The van der Waals surface area contributed by atoms with Gasteiger partial charge < -0.3 is 14.2 Å². The van der Waals surface area contributed by atoms with Crippen molar-refractivity contribution in [1.29, 1.82) is 0 Å². The van der Waals surface area contributed by atoms with Crippen molar-refractivity contribution in [3.63, 3.8) is 0 Å². The molecule has 6 heteroatoms. The zero-order valence-corrected chi connectivity index (χ0v) is 45.2. The number of hydrogen-bond donors (Lipinski definition) is 0. The van der Waals surface area contributed by atoms with Crippen molar-refractivity contribution in [3.05, 3.63) is 0 Å². The quantitative estimate of drug-likeness (QED) is 0.0343. The first-order valence-electron chi connectivity index (χ1n) is 29.9. The summed E-state index contributed by atoms with van der Waals surface area (Å²) in [5.41, 5.74) is 0. The lowest BCUT2D eigenvalue weighted by Gasteiger charge is -2.18. The van der Waals surface area contributed by atoms with Gasteiger partial charge in [0.25, 0.3) is 0 Å². The van der Waals surface area contributed by atoms with Gasteiger partial charge in [-0.25, -0.2) is 0 Å². The van der Waals surface area contributed by atoms with Gasteiger partial charge in [-0.05, 0) is 25.2 Å². The summed E-state index contributed by atoms with van der Waals surface area (Å²) in [7, 11) is 0. The molecule has 1 atom stereocenters. The van der Waals surface area contributed by atoms with E-state index in [1.807, 2.05) is 0 Å². The second-order valence-corrected chi connectivity index (χ2v) is 21.1. The standard InChI is InChI=1S/C60H116O6/c1-5-7-9-11-13-15-17-19-20-24-28-32-36-40-44-48-52-59(62)65-55-57(54-64-58(61)51-47-43-39-35-31-26-18-16-14-12-10-8-6-2)66-60(63)53-49-45-41-37-33-29-25-22-21-23-27-30-34-38-42-46-50-56(3)4/h56-57H,5-55H2,1-4H3/t57-/m0/s1. The predicted molar refractivity (Wildman–Crippen MR) is 284 cm³/mol. The lowest BCUT2D eigenvalue weighted by atomic mass is 10.0. The maximum atomic E-state index is 12.9. The minimum Gasteiger partial charge on any atom is -0.462 e. The molecule has 0 amide bonds. The summed E-state index contributed by atoms with van der Waals surface area (Å²) >= 11 is 0. The summed E-state index contributed by atoms with van der Waals surface area (Å²) in [5.74, 6) is 0.0196. The summed E-state index contributed by atoms with van der Waals surface area (Å²) in [4.78, 5) is 38.2. The molecule has 0 fully saturated rings. The van der Waals surface area contributed by atoms with E-state index < -0.39 is 6.10 Å². The third-order valence-electron chi connectivity index (χ3n) is 13.8. The largest absolute Gasteiger partial charge is 0.462 e. The van der Waals surface area contributed by atoms with Crippen LogP contribution in [-0.4, -0.2) is 37.2 Å². The van der Waals surface area contributed by atoms with E-state index in [2.05, 4.69) is 27.7 Å². The highest BCUT2D eigenvalue weighted by Crippen LogP contribution is 2.18. The van der Waals surface area contributed by atoms with Crippen molar-refractivity contribution in [2.45, 2.75) is 348 Å². The van der Waals surface area contributed by atoms with Crippen LogP contribution >= 0.6 is 0 Å². The maximum absolute atomic E-state index is 12.9. The molecule has 392 valence electrons. The molecule has 0 saturated heterocycles. The molecule has 6 nitrogen and oxygen atoms in total. The normalized spacial score (nSPS) is 12.0. The monoisotopic (exact) mass is 933 g/mol. The van der Waals surface area contributed by atoms with E-state index in [0.717, 1.165) is 63.7 Å². The van der Waals surface area contributed by atoms with Crippen molar-refractivity contribution >= 4 is 17.9 Å². The number of rotatable bonds is 55. The molecular weight excluding hydrogens is 817 g/mol. The third kappa shape index (κ3) is 53.4. The molecule has 0 aliphatic heterocycles. The van der Waals surface area contributed by atoms with Gasteiger partial charge in [0.05, 0.1) is 0 Å². The Morgan fingerprint density at radius 2 is 0.500 bits per heavy atom. The molecule has 66 heavy (non-hydrogen) atoms. The molecule has 0 aliphatic rings. The van der Waals surface area contributed by atoms with Gasteiger partial charge in [0.1, 0.15) is 13.2 Å². The zero-order valence-electron chi connectivity index (χ0n) is 45.2. The van der Waals surface area contributed by atoms with E-state index in [1.165, 1.54) is 238 Å². The minimum atomic E-state index is -0.762. The van der Waals surface area contributed by atoms with E-state index in [1.54, 1.807) is 0 Å². The molecule has 0 aromatic rings. The number of carbonyl (C=O) groups is 3. The molecule has 0 bridgehead atoms. The molecule has 0 unspecified atom stereocenters. The summed E-state index contributed by atoms with van der Waals surface area (Å²) < 4.78 is 16.9. The fraction of sp³-hybridized carbons (Fsp3) is 0.950. The van der Waals surface area contributed by atoms with Crippen molar-refractivity contribution in [2.24, 2.45) is 5.92 Å². The SMILES string of the molecule is CCCCCCCCCCCCCCCCCCC(=O)OC[C@H](COC(=O)CCCCCCCCCCCCCCC)OC(=O)CCCCCCCCCCCCCCCCCCC(C)C. The highest BCUT2D eigenvalue weighted by molar-refractivity contribution is 5.71. The van der Waals surface area contributed by atoms with Crippen LogP contribution in [0, 0.1) is 5.92 Å². The molecule has 0 N–H and O–H groups in total. The Labute approximate surface area is 412 Å². The molecule has 0 rings (SSSR count). The van der Waals surface area contributed by atoms with Gasteiger partial charge in [-0.15, -0.1) is 0 Å². The summed E-state index contributed by atoms with van der Waals surface area (Å²) in [5, 5.41) is 0. The smallest absolute Gasteiger partial charge is 0.306 e. The van der Waals surface area contributed by atoms with Crippen LogP contribution in [0.3, 0.4) is 0 Å². The van der Waals surface area contributed by atoms with Gasteiger partial charge in [0.2, 0.25) is 0 Å². The zero-order chi connectivity index (χ0) is 48.1. The van der Waals surface area contributed by atoms with Crippen molar-refractivity contribution in [3.8, 4) is 0 Å². The summed E-state index contributed by atoms with van der Waals surface area (Å²) in [6, 6.07) is 0. The van der Waals surface area contributed by atoms with Crippen LogP contribution in [0.5, 0.6) is 0 Å². The fourth-order valence-electron chi connectivity index (χ4n) is 9.28. The number of unbranched alkanes of at least 4 members (excludes halogenated alkanes) is 42. The Balaban J connectivity index is 4.27. The molecule has 0 aromatic carbocycles. The number of carbonyl (C=O) groups excluding carboxylic acids is 3. The average molecular weight is 934 g/mol. The fourth-order valence-corrected chi connectivity index (χ4v) is 9.28. The summed E-state index contributed by atoms with van der Waals surface area (Å²) in [6.45, 7) is 9.08. The van der Waals surface area contributed by atoms with Crippen LogP contribution in [0.15, 0.2) is 0 Å². The Morgan fingerprint density at radius 1 is 0.288 bits per heavy atom. The minimum absolute atomic E-state index is 0.0615. The lowest BCUT2D eigenvalue weighted by molar-refractivity contribution is -0.167. The first-order valence-corrected chi connectivity index (χ1v) is 29.9. The first kappa shape index (κ1) is 64.4. The van der Waals surface area contributed by atoms with Crippen LogP contribution in [0.2, 0.25) is 0 Å². The van der Waals surface area contributed by atoms with Gasteiger partial charge in [-0.2, -0.15) is 0 Å². The van der Waals surface area contributed by atoms with Crippen LogP contribution in [0.1, 0.15) is 342 Å². The van der Waals surface area contributed by atoms with Crippen LogP contribution in [0.25, 0.3) is 0 Å². The maximum Gasteiger partial charge on any atom is 0.306 e. The van der Waals surface area contributed by atoms with Crippen LogP contribution in [-0.2, 0) is 28.6 Å². The molecule has 0 radical (unpaired) electrons. The van der Waals surface area contributed by atoms with E-state index in [0.29, 0.717) is 19.3 Å². The van der Waals surface area contributed by atoms with Crippen LogP contribution < -0.4 is 0 Å². The molecule has 0 saturated carbocycles. The van der Waals surface area contributed by atoms with E-state index in [-0.39, 0.29) is 31.1 Å². The highest BCUT2D eigenvalue weighted by atomic mass is 16.6. The van der Waals surface area contributed by atoms with Gasteiger partial charge in [0.15, 0.2) is 6.10 Å². The van der Waals surface area contributed by atoms with E-state index in [4.69, 9.17) is 14.2 Å². The number of esters is 3. The highest BCUT2D eigenvalue weighted by Gasteiger charge is 2.19. The third-order valence-corrected chi connectivity index (χ3v) is 13.8. The van der Waals surface area contributed by atoms with Gasteiger partial charge in [0, 0.05) is 19.3 Å².